The van der Waals surface area contributed by atoms with Crippen LogP contribution < -0.4 is 5.32 Å². The third kappa shape index (κ3) is 4.06. The number of hydrogen-bond acceptors (Lipinski definition) is 4. The quantitative estimate of drug-likeness (QED) is 0.527. The molecule has 0 aliphatic heterocycles. The van der Waals surface area contributed by atoms with Crippen LogP contribution in [-0.2, 0) is 16.0 Å². The molecule has 0 bridgehead atoms. The number of halogens is 1. The first-order valence-electron chi connectivity index (χ1n) is 9.10. The van der Waals surface area contributed by atoms with Crippen molar-refractivity contribution in [2.45, 2.75) is 18.4 Å². The number of ether oxygens (including phenoxy) is 1. The van der Waals surface area contributed by atoms with E-state index in [9.17, 15) is 14.7 Å². The zero-order chi connectivity index (χ0) is 20.4. The van der Waals surface area contributed by atoms with Crippen LogP contribution in [0.3, 0.4) is 0 Å². The average molecular weight is 472 g/mol. The van der Waals surface area contributed by atoms with Crippen LogP contribution in [0.5, 0.6) is 0 Å². The van der Waals surface area contributed by atoms with E-state index < -0.39 is 18.1 Å². The highest BCUT2D eigenvalue weighted by molar-refractivity contribution is 9.10. The monoisotopic (exact) mass is 471 g/mol. The standard InChI is InChI=1S/C22H18BrNO4S/c23-18-9-10-29-20(18)11-19(21(25)26)24-22(27)28-12-17-15-7-3-1-5-13(15)14-6-2-4-8-16(14)17/h1-10,17,19H,11-12H2,(H,24,27)(H,25,26)/t19-/m1/s1. The third-order valence-corrected chi connectivity index (χ3v) is 6.96. The molecule has 1 aliphatic carbocycles. The van der Waals surface area contributed by atoms with Crippen LogP contribution in [0.2, 0.25) is 0 Å². The van der Waals surface area contributed by atoms with Crippen molar-refractivity contribution in [3.8, 4) is 11.1 Å². The number of carboxylic acid groups (broad SMARTS) is 1. The maximum Gasteiger partial charge on any atom is 0.407 e. The largest absolute Gasteiger partial charge is 0.480 e. The first kappa shape index (κ1) is 19.7. The van der Waals surface area contributed by atoms with Crippen molar-refractivity contribution < 1.29 is 19.4 Å². The van der Waals surface area contributed by atoms with Gasteiger partial charge in [0.25, 0.3) is 0 Å². The molecule has 1 aliphatic rings. The number of benzene rings is 2. The minimum atomic E-state index is -1.10. The van der Waals surface area contributed by atoms with E-state index in [0.29, 0.717) is 0 Å². The molecule has 0 saturated heterocycles. The Labute approximate surface area is 180 Å². The number of rotatable bonds is 6. The van der Waals surface area contributed by atoms with Crippen LogP contribution in [-0.4, -0.2) is 29.8 Å². The smallest absolute Gasteiger partial charge is 0.407 e. The number of nitrogens with one attached hydrogen (secondary N) is 1. The van der Waals surface area contributed by atoms with E-state index in [1.54, 1.807) is 0 Å². The molecule has 1 aromatic heterocycles. The summed E-state index contributed by atoms with van der Waals surface area (Å²) in [6.45, 7) is 0.148. The number of carbonyl (C=O) groups excluding carboxylic acids is 1. The molecular weight excluding hydrogens is 454 g/mol. The number of aliphatic carboxylic acids is 1. The highest BCUT2D eigenvalue weighted by atomic mass is 79.9. The van der Waals surface area contributed by atoms with E-state index in [4.69, 9.17) is 4.74 Å². The normalized spacial score (nSPS) is 13.4. The summed E-state index contributed by atoms with van der Waals surface area (Å²) in [7, 11) is 0. The van der Waals surface area contributed by atoms with E-state index >= 15 is 0 Å². The number of thiophene rings is 1. The van der Waals surface area contributed by atoms with Crippen LogP contribution in [0.1, 0.15) is 21.9 Å². The minimum Gasteiger partial charge on any atom is -0.480 e. The van der Waals surface area contributed by atoms with E-state index in [2.05, 4.69) is 33.4 Å². The number of carbonyl (C=O) groups is 2. The minimum absolute atomic E-state index is 0.0668. The molecule has 7 heteroatoms. The fraction of sp³-hybridized carbons (Fsp3) is 0.182. The summed E-state index contributed by atoms with van der Waals surface area (Å²) in [5.74, 6) is -1.17. The van der Waals surface area contributed by atoms with Gasteiger partial charge in [-0.3, -0.25) is 0 Å². The first-order chi connectivity index (χ1) is 14.0. The second-order valence-corrected chi connectivity index (χ2v) is 8.61. The van der Waals surface area contributed by atoms with Crippen molar-refractivity contribution in [2.24, 2.45) is 0 Å². The van der Waals surface area contributed by atoms with E-state index in [0.717, 1.165) is 31.6 Å². The summed E-state index contributed by atoms with van der Waals surface area (Å²) < 4.78 is 6.28. The summed E-state index contributed by atoms with van der Waals surface area (Å²) in [4.78, 5) is 24.8. The highest BCUT2D eigenvalue weighted by Crippen LogP contribution is 2.44. The Morgan fingerprint density at radius 1 is 1.07 bits per heavy atom. The van der Waals surface area contributed by atoms with Gasteiger partial charge in [-0.1, -0.05) is 48.5 Å². The van der Waals surface area contributed by atoms with Gasteiger partial charge in [-0.05, 0) is 49.6 Å². The zero-order valence-corrected chi connectivity index (χ0v) is 17.7. The predicted molar refractivity (Wildman–Crippen MR) is 115 cm³/mol. The summed E-state index contributed by atoms with van der Waals surface area (Å²) in [5, 5.41) is 13.8. The Kier molecular flexibility index (Phi) is 5.69. The second-order valence-electron chi connectivity index (χ2n) is 6.76. The molecular formula is C22H18BrNO4S. The summed E-state index contributed by atoms with van der Waals surface area (Å²) in [5.41, 5.74) is 4.50. The molecule has 148 valence electrons. The molecule has 0 unspecified atom stereocenters. The lowest BCUT2D eigenvalue weighted by Crippen LogP contribution is -2.42. The van der Waals surface area contributed by atoms with Crippen molar-refractivity contribution >= 4 is 39.3 Å². The maximum absolute atomic E-state index is 12.3. The van der Waals surface area contributed by atoms with Gasteiger partial charge in [0.15, 0.2) is 0 Å². The number of hydrogen-bond donors (Lipinski definition) is 2. The van der Waals surface area contributed by atoms with Gasteiger partial charge in [-0.25, -0.2) is 9.59 Å². The van der Waals surface area contributed by atoms with Gasteiger partial charge in [0.05, 0.1) is 0 Å². The van der Waals surface area contributed by atoms with Crippen LogP contribution in [0, 0.1) is 0 Å². The maximum atomic E-state index is 12.3. The van der Waals surface area contributed by atoms with Gasteiger partial charge in [0.2, 0.25) is 0 Å². The Morgan fingerprint density at radius 2 is 1.69 bits per heavy atom. The third-order valence-electron chi connectivity index (χ3n) is 5.01. The summed E-state index contributed by atoms with van der Waals surface area (Å²) >= 11 is 4.83. The molecule has 0 fully saturated rings. The zero-order valence-electron chi connectivity index (χ0n) is 15.3. The average Bonchev–Trinajstić information content (AvgIpc) is 3.27. The highest BCUT2D eigenvalue weighted by Gasteiger charge is 2.30. The number of alkyl carbamates (subject to hydrolysis) is 1. The summed E-state index contributed by atoms with van der Waals surface area (Å²) in [6, 6.07) is 16.9. The second kappa shape index (κ2) is 8.39. The molecule has 2 N–H and O–H groups in total. The van der Waals surface area contributed by atoms with Crippen molar-refractivity contribution in [1.29, 1.82) is 0 Å². The van der Waals surface area contributed by atoms with Crippen molar-refractivity contribution in [2.75, 3.05) is 6.61 Å². The van der Waals surface area contributed by atoms with Crippen LogP contribution >= 0.6 is 27.3 Å². The van der Waals surface area contributed by atoms with Crippen molar-refractivity contribution in [1.82, 2.24) is 5.32 Å². The number of fused-ring (bicyclic) bond motifs is 3. The Morgan fingerprint density at radius 3 is 2.24 bits per heavy atom. The lowest BCUT2D eigenvalue weighted by Gasteiger charge is -2.17. The van der Waals surface area contributed by atoms with Gasteiger partial charge in [-0.2, -0.15) is 0 Å². The molecule has 1 amide bonds. The molecule has 3 aromatic rings. The lowest BCUT2D eigenvalue weighted by molar-refractivity contribution is -0.139. The predicted octanol–water partition coefficient (Wildman–Crippen LogP) is 5.05. The molecule has 4 rings (SSSR count). The molecule has 0 saturated carbocycles. The van der Waals surface area contributed by atoms with E-state index in [-0.39, 0.29) is 18.9 Å². The number of carboxylic acids is 1. The van der Waals surface area contributed by atoms with E-state index in [1.807, 2.05) is 47.8 Å². The fourth-order valence-corrected chi connectivity index (χ4v) is 5.20. The van der Waals surface area contributed by atoms with Gasteiger partial charge in [0, 0.05) is 21.7 Å². The first-order valence-corrected chi connectivity index (χ1v) is 10.8. The van der Waals surface area contributed by atoms with Gasteiger partial charge < -0.3 is 15.2 Å². The lowest BCUT2D eigenvalue weighted by atomic mass is 9.98. The van der Waals surface area contributed by atoms with Gasteiger partial charge in [0.1, 0.15) is 12.6 Å². The Bertz CT molecular complexity index is 1020. The van der Waals surface area contributed by atoms with Crippen LogP contribution in [0.15, 0.2) is 64.5 Å². The van der Waals surface area contributed by atoms with Crippen molar-refractivity contribution in [3.63, 3.8) is 0 Å². The van der Waals surface area contributed by atoms with Gasteiger partial charge >= 0.3 is 12.1 Å². The molecule has 1 heterocycles. The molecule has 0 radical (unpaired) electrons. The summed E-state index contributed by atoms with van der Waals surface area (Å²) in [6.07, 6.45) is -0.537. The number of amides is 1. The molecule has 5 nitrogen and oxygen atoms in total. The molecule has 0 spiro atoms. The van der Waals surface area contributed by atoms with Crippen molar-refractivity contribution in [3.05, 3.63) is 80.5 Å². The Balaban J connectivity index is 1.44. The topological polar surface area (TPSA) is 75.6 Å². The van der Waals surface area contributed by atoms with E-state index in [1.165, 1.54) is 11.3 Å². The molecule has 2 aromatic carbocycles. The fourth-order valence-electron chi connectivity index (χ4n) is 3.64. The SMILES string of the molecule is O=C(N[C@H](Cc1sccc1Br)C(=O)O)OCC1c2ccccc2-c2ccccc21. The Hall–Kier alpha value is -2.64. The van der Waals surface area contributed by atoms with Gasteiger partial charge in [-0.15, -0.1) is 11.3 Å². The van der Waals surface area contributed by atoms with Crippen LogP contribution in [0.25, 0.3) is 11.1 Å². The molecule has 29 heavy (non-hydrogen) atoms. The molecule has 1 atom stereocenters. The van der Waals surface area contributed by atoms with Crippen LogP contribution in [0.4, 0.5) is 4.79 Å².